The van der Waals surface area contributed by atoms with Crippen LogP contribution in [-0.2, 0) is 20.7 Å². The second-order valence-electron chi connectivity index (χ2n) is 6.57. The number of anilines is 2. The SMILES string of the molecule is O=C(COC(=O)Cc1ccccc1Cl)Nc1ccc(N2CCCCC2)cc1. The van der Waals surface area contributed by atoms with E-state index in [9.17, 15) is 9.59 Å². The molecule has 142 valence electrons. The molecule has 3 rings (SSSR count). The fourth-order valence-electron chi connectivity index (χ4n) is 3.10. The van der Waals surface area contributed by atoms with Gasteiger partial charge >= 0.3 is 5.97 Å². The number of ether oxygens (including phenoxy) is 1. The van der Waals surface area contributed by atoms with Gasteiger partial charge in [0.05, 0.1) is 6.42 Å². The number of nitrogens with one attached hydrogen (secondary N) is 1. The number of nitrogens with zero attached hydrogens (tertiary/aromatic N) is 1. The first-order valence-corrected chi connectivity index (χ1v) is 9.53. The minimum absolute atomic E-state index is 0.0392. The van der Waals surface area contributed by atoms with Crippen LogP contribution < -0.4 is 10.2 Å². The van der Waals surface area contributed by atoms with Crippen LogP contribution in [0.3, 0.4) is 0 Å². The number of hydrogen-bond acceptors (Lipinski definition) is 4. The third-order valence-electron chi connectivity index (χ3n) is 4.53. The Balaban J connectivity index is 1.45. The maximum Gasteiger partial charge on any atom is 0.310 e. The molecule has 1 amide bonds. The van der Waals surface area contributed by atoms with E-state index in [1.807, 2.05) is 24.3 Å². The molecule has 2 aromatic carbocycles. The Kier molecular flexibility index (Phi) is 6.71. The summed E-state index contributed by atoms with van der Waals surface area (Å²) in [4.78, 5) is 26.2. The van der Waals surface area contributed by atoms with Crippen molar-refractivity contribution in [3.63, 3.8) is 0 Å². The highest BCUT2D eigenvalue weighted by Crippen LogP contribution is 2.21. The lowest BCUT2D eigenvalue weighted by Crippen LogP contribution is -2.29. The van der Waals surface area contributed by atoms with Crippen LogP contribution in [0.5, 0.6) is 0 Å². The first-order chi connectivity index (χ1) is 13.1. The van der Waals surface area contributed by atoms with Crippen molar-refractivity contribution in [2.24, 2.45) is 0 Å². The Morgan fingerprint density at radius 1 is 1.00 bits per heavy atom. The fraction of sp³-hybridized carbons (Fsp3) is 0.333. The molecule has 0 aromatic heterocycles. The zero-order valence-electron chi connectivity index (χ0n) is 15.1. The molecule has 1 aliphatic rings. The van der Waals surface area contributed by atoms with Crippen molar-refractivity contribution in [2.75, 3.05) is 29.9 Å². The Morgan fingerprint density at radius 2 is 1.70 bits per heavy atom. The predicted molar refractivity (Wildman–Crippen MR) is 107 cm³/mol. The quantitative estimate of drug-likeness (QED) is 0.761. The van der Waals surface area contributed by atoms with Crippen LogP contribution in [0.1, 0.15) is 24.8 Å². The van der Waals surface area contributed by atoms with Crippen molar-refractivity contribution in [3.8, 4) is 0 Å². The number of hydrogen-bond donors (Lipinski definition) is 1. The summed E-state index contributed by atoms with van der Waals surface area (Å²) in [6, 6.07) is 14.8. The molecule has 5 nitrogen and oxygen atoms in total. The molecule has 0 radical (unpaired) electrons. The first-order valence-electron chi connectivity index (χ1n) is 9.16. The molecule has 1 N–H and O–H groups in total. The highest BCUT2D eigenvalue weighted by Gasteiger charge is 2.12. The molecule has 1 fully saturated rings. The molecule has 0 bridgehead atoms. The van der Waals surface area contributed by atoms with Crippen molar-refractivity contribution >= 4 is 34.9 Å². The molecule has 0 aliphatic carbocycles. The lowest BCUT2D eigenvalue weighted by atomic mass is 10.1. The third kappa shape index (κ3) is 5.73. The van der Waals surface area contributed by atoms with E-state index in [4.69, 9.17) is 16.3 Å². The molecule has 0 unspecified atom stereocenters. The zero-order valence-corrected chi connectivity index (χ0v) is 15.9. The van der Waals surface area contributed by atoms with Gasteiger partial charge < -0.3 is 15.0 Å². The maximum atomic E-state index is 12.0. The Labute approximate surface area is 164 Å². The van der Waals surface area contributed by atoms with Crippen molar-refractivity contribution < 1.29 is 14.3 Å². The van der Waals surface area contributed by atoms with Gasteiger partial charge in [-0.1, -0.05) is 29.8 Å². The Morgan fingerprint density at radius 3 is 2.41 bits per heavy atom. The summed E-state index contributed by atoms with van der Waals surface area (Å²) < 4.78 is 5.04. The van der Waals surface area contributed by atoms with Crippen LogP contribution in [0.2, 0.25) is 5.02 Å². The molecule has 2 aromatic rings. The molecule has 1 aliphatic heterocycles. The third-order valence-corrected chi connectivity index (χ3v) is 4.90. The van der Waals surface area contributed by atoms with Crippen molar-refractivity contribution in [3.05, 3.63) is 59.1 Å². The van der Waals surface area contributed by atoms with Gasteiger partial charge in [0.15, 0.2) is 6.61 Å². The second kappa shape index (κ2) is 9.42. The van der Waals surface area contributed by atoms with E-state index in [2.05, 4.69) is 10.2 Å². The molecule has 27 heavy (non-hydrogen) atoms. The predicted octanol–water partition coefficient (Wildman–Crippen LogP) is 4.05. The van der Waals surface area contributed by atoms with E-state index in [1.54, 1.807) is 24.3 Å². The number of carbonyl (C=O) groups excluding carboxylic acids is 2. The minimum atomic E-state index is -0.487. The molecular formula is C21H23ClN2O3. The van der Waals surface area contributed by atoms with Gasteiger partial charge in [0.25, 0.3) is 5.91 Å². The van der Waals surface area contributed by atoms with E-state index in [-0.39, 0.29) is 18.9 Å². The van der Waals surface area contributed by atoms with E-state index < -0.39 is 5.97 Å². The molecule has 0 saturated carbocycles. The summed E-state index contributed by atoms with van der Waals surface area (Å²) in [5, 5.41) is 3.25. The van der Waals surface area contributed by atoms with E-state index in [0.29, 0.717) is 16.3 Å². The number of benzene rings is 2. The highest BCUT2D eigenvalue weighted by atomic mass is 35.5. The molecule has 0 spiro atoms. The van der Waals surface area contributed by atoms with Crippen molar-refractivity contribution in [2.45, 2.75) is 25.7 Å². The monoisotopic (exact) mass is 386 g/mol. The van der Waals surface area contributed by atoms with Gasteiger partial charge in [0, 0.05) is 29.5 Å². The molecule has 1 saturated heterocycles. The second-order valence-corrected chi connectivity index (χ2v) is 6.98. The number of halogens is 1. The number of amides is 1. The van der Waals surface area contributed by atoms with E-state index >= 15 is 0 Å². The van der Waals surface area contributed by atoms with E-state index in [0.717, 1.165) is 13.1 Å². The Bertz CT molecular complexity index is 786. The average Bonchev–Trinajstić information content (AvgIpc) is 2.69. The fourth-order valence-corrected chi connectivity index (χ4v) is 3.30. The molecular weight excluding hydrogens is 364 g/mol. The Hall–Kier alpha value is -2.53. The summed E-state index contributed by atoms with van der Waals surface area (Å²) in [7, 11) is 0. The summed E-state index contributed by atoms with van der Waals surface area (Å²) >= 11 is 6.02. The van der Waals surface area contributed by atoms with Crippen molar-refractivity contribution in [1.29, 1.82) is 0 Å². The maximum absolute atomic E-state index is 12.0. The standard InChI is InChI=1S/C21H23ClN2O3/c22-19-7-3-2-6-16(19)14-21(26)27-15-20(25)23-17-8-10-18(11-9-17)24-12-4-1-5-13-24/h2-3,6-11H,1,4-5,12-15H2,(H,23,25). The van der Waals surface area contributed by atoms with Gasteiger partial charge in [0.2, 0.25) is 0 Å². The summed E-state index contributed by atoms with van der Waals surface area (Å²) in [5.74, 6) is -0.855. The van der Waals surface area contributed by atoms with Gasteiger partial charge in [-0.05, 0) is 55.2 Å². The minimum Gasteiger partial charge on any atom is -0.455 e. The largest absolute Gasteiger partial charge is 0.455 e. The highest BCUT2D eigenvalue weighted by molar-refractivity contribution is 6.31. The normalized spacial score (nSPS) is 13.9. The van der Waals surface area contributed by atoms with Gasteiger partial charge in [-0.25, -0.2) is 0 Å². The smallest absolute Gasteiger partial charge is 0.310 e. The molecule has 6 heteroatoms. The van der Waals surface area contributed by atoms with Gasteiger partial charge in [0.1, 0.15) is 0 Å². The topological polar surface area (TPSA) is 58.6 Å². The number of carbonyl (C=O) groups is 2. The average molecular weight is 387 g/mol. The summed E-state index contributed by atoms with van der Waals surface area (Å²) in [6.07, 6.45) is 3.77. The van der Waals surface area contributed by atoms with Crippen LogP contribution in [0.4, 0.5) is 11.4 Å². The van der Waals surface area contributed by atoms with Crippen LogP contribution in [0.15, 0.2) is 48.5 Å². The van der Waals surface area contributed by atoms with Gasteiger partial charge in [-0.3, -0.25) is 9.59 Å². The first kappa shape index (κ1) is 19.2. The lowest BCUT2D eigenvalue weighted by molar-refractivity contribution is -0.146. The molecule has 0 atom stereocenters. The van der Waals surface area contributed by atoms with Crippen LogP contribution in [-0.4, -0.2) is 31.6 Å². The summed E-state index contributed by atoms with van der Waals surface area (Å²) in [5.41, 5.74) is 2.53. The van der Waals surface area contributed by atoms with Gasteiger partial charge in [-0.2, -0.15) is 0 Å². The van der Waals surface area contributed by atoms with Crippen molar-refractivity contribution in [1.82, 2.24) is 0 Å². The number of esters is 1. The van der Waals surface area contributed by atoms with E-state index in [1.165, 1.54) is 24.9 Å². The van der Waals surface area contributed by atoms with Crippen LogP contribution >= 0.6 is 11.6 Å². The number of rotatable bonds is 6. The zero-order chi connectivity index (χ0) is 19.1. The summed E-state index contributed by atoms with van der Waals surface area (Å²) in [6.45, 7) is 1.83. The van der Waals surface area contributed by atoms with Gasteiger partial charge in [-0.15, -0.1) is 0 Å². The van der Waals surface area contributed by atoms with Crippen LogP contribution in [0.25, 0.3) is 0 Å². The number of piperidine rings is 1. The lowest BCUT2D eigenvalue weighted by Gasteiger charge is -2.28. The van der Waals surface area contributed by atoms with Crippen LogP contribution in [0, 0.1) is 0 Å². The molecule has 1 heterocycles.